The molecule has 0 spiro atoms. The van der Waals surface area contributed by atoms with Crippen molar-refractivity contribution in [3.05, 3.63) is 57.6 Å². The van der Waals surface area contributed by atoms with Crippen LogP contribution in [-0.2, 0) is 13.0 Å². The lowest BCUT2D eigenvalue weighted by Crippen LogP contribution is -2.05. The SMILES string of the molecule is COc1ccc(CNc2c([N+](=O)[O-])ccc3c2CCN3)cc1. The molecular formula is C16H17N3O3. The molecule has 0 amide bonds. The maximum Gasteiger partial charge on any atom is 0.292 e. The van der Waals surface area contributed by atoms with Gasteiger partial charge in [-0.05, 0) is 30.2 Å². The third-order valence-electron chi connectivity index (χ3n) is 3.81. The number of nitrogens with one attached hydrogen (secondary N) is 2. The molecule has 1 heterocycles. The van der Waals surface area contributed by atoms with Gasteiger partial charge in [-0.25, -0.2) is 0 Å². The van der Waals surface area contributed by atoms with Crippen molar-refractivity contribution in [3.63, 3.8) is 0 Å². The number of ether oxygens (including phenoxy) is 1. The first-order valence-electron chi connectivity index (χ1n) is 7.10. The van der Waals surface area contributed by atoms with Crippen LogP contribution < -0.4 is 15.4 Å². The van der Waals surface area contributed by atoms with E-state index in [0.717, 1.165) is 35.5 Å². The fourth-order valence-corrected chi connectivity index (χ4v) is 2.67. The number of hydrogen-bond acceptors (Lipinski definition) is 5. The summed E-state index contributed by atoms with van der Waals surface area (Å²) in [7, 11) is 1.62. The fraction of sp³-hybridized carbons (Fsp3) is 0.250. The second-order valence-corrected chi connectivity index (χ2v) is 5.12. The Morgan fingerprint density at radius 3 is 2.73 bits per heavy atom. The second kappa shape index (κ2) is 5.93. The molecular weight excluding hydrogens is 282 g/mol. The lowest BCUT2D eigenvalue weighted by molar-refractivity contribution is -0.384. The van der Waals surface area contributed by atoms with Gasteiger partial charge in [0.1, 0.15) is 11.4 Å². The first-order valence-corrected chi connectivity index (χ1v) is 7.10. The van der Waals surface area contributed by atoms with Crippen LogP contribution in [0.2, 0.25) is 0 Å². The molecule has 114 valence electrons. The molecule has 0 unspecified atom stereocenters. The van der Waals surface area contributed by atoms with Crippen molar-refractivity contribution in [3.8, 4) is 5.75 Å². The molecule has 2 N–H and O–H groups in total. The van der Waals surface area contributed by atoms with E-state index in [1.165, 1.54) is 0 Å². The predicted octanol–water partition coefficient (Wildman–Crippen LogP) is 3.18. The molecule has 0 saturated carbocycles. The van der Waals surface area contributed by atoms with Crippen LogP contribution in [0.15, 0.2) is 36.4 Å². The van der Waals surface area contributed by atoms with Gasteiger partial charge in [-0.2, -0.15) is 0 Å². The van der Waals surface area contributed by atoms with Crippen LogP contribution in [0.4, 0.5) is 17.1 Å². The highest BCUT2D eigenvalue weighted by atomic mass is 16.6. The largest absolute Gasteiger partial charge is 0.497 e. The van der Waals surface area contributed by atoms with Gasteiger partial charge in [0.25, 0.3) is 5.69 Å². The third-order valence-corrected chi connectivity index (χ3v) is 3.81. The molecule has 22 heavy (non-hydrogen) atoms. The van der Waals surface area contributed by atoms with Gasteiger partial charge >= 0.3 is 0 Å². The van der Waals surface area contributed by atoms with E-state index >= 15 is 0 Å². The number of fused-ring (bicyclic) bond motifs is 1. The van der Waals surface area contributed by atoms with Gasteiger partial charge in [-0.3, -0.25) is 10.1 Å². The summed E-state index contributed by atoms with van der Waals surface area (Å²) in [6, 6.07) is 11.0. The molecule has 6 nitrogen and oxygen atoms in total. The van der Waals surface area contributed by atoms with Crippen LogP contribution in [0.1, 0.15) is 11.1 Å². The molecule has 1 aliphatic heterocycles. The lowest BCUT2D eigenvalue weighted by Gasteiger charge is -2.12. The summed E-state index contributed by atoms with van der Waals surface area (Å²) < 4.78 is 5.13. The molecule has 6 heteroatoms. The van der Waals surface area contributed by atoms with Crippen molar-refractivity contribution < 1.29 is 9.66 Å². The van der Waals surface area contributed by atoms with E-state index in [0.29, 0.717) is 12.2 Å². The van der Waals surface area contributed by atoms with Crippen molar-refractivity contribution in [1.29, 1.82) is 0 Å². The molecule has 0 radical (unpaired) electrons. The summed E-state index contributed by atoms with van der Waals surface area (Å²) in [5, 5.41) is 17.7. The Hall–Kier alpha value is -2.76. The topological polar surface area (TPSA) is 76.4 Å². The second-order valence-electron chi connectivity index (χ2n) is 5.12. The van der Waals surface area contributed by atoms with E-state index in [1.807, 2.05) is 24.3 Å². The Bertz CT molecular complexity index is 699. The molecule has 0 fully saturated rings. The standard InChI is InChI=1S/C16H17N3O3/c1-22-12-4-2-11(3-5-12)10-18-16-13-8-9-17-14(13)6-7-15(16)19(20)21/h2-7,17-18H,8-10H2,1H3. The Balaban J connectivity index is 1.84. The molecule has 2 aromatic carbocycles. The zero-order chi connectivity index (χ0) is 15.5. The Labute approximate surface area is 128 Å². The van der Waals surface area contributed by atoms with Gasteiger partial charge in [0.15, 0.2) is 0 Å². The van der Waals surface area contributed by atoms with Crippen LogP contribution >= 0.6 is 0 Å². The number of nitrogens with zero attached hydrogens (tertiary/aromatic N) is 1. The average molecular weight is 299 g/mol. The van der Waals surface area contributed by atoms with Gasteiger partial charge in [0.2, 0.25) is 0 Å². The van der Waals surface area contributed by atoms with E-state index in [2.05, 4.69) is 10.6 Å². The van der Waals surface area contributed by atoms with Crippen LogP contribution in [0.25, 0.3) is 0 Å². The molecule has 2 aromatic rings. The Morgan fingerprint density at radius 1 is 1.27 bits per heavy atom. The highest BCUT2D eigenvalue weighted by Crippen LogP contribution is 2.37. The van der Waals surface area contributed by atoms with E-state index in [1.54, 1.807) is 19.2 Å². The smallest absolute Gasteiger partial charge is 0.292 e. The van der Waals surface area contributed by atoms with E-state index in [4.69, 9.17) is 4.74 Å². The van der Waals surface area contributed by atoms with Crippen molar-refractivity contribution in [1.82, 2.24) is 0 Å². The minimum Gasteiger partial charge on any atom is -0.497 e. The molecule has 0 aliphatic carbocycles. The molecule has 0 saturated heterocycles. The molecule has 3 rings (SSSR count). The normalized spacial score (nSPS) is 12.4. The first kappa shape index (κ1) is 14.2. The van der Waals surface area contributed by atoms with Crippen molar-refractivity contribution >= 4 is 17.1 Å². The van der Waals surface area contributed by atoms with Crippen LogP contribution in [0, 0.1) is 10.1 Å². The quantitative estimate of drug-likeness (QED) is 0.655. The van der Waals surface area contributed by atoms with Crippen LogP contribution in [0.5, 0.6) is 5.75 Å². The zero-order valence-electron chi connectivity index (χ0n) is 12.3. The van der Waals surface area contributed by atoms with E-state index < -0.39 is 0 Å². The predicted molar refractivity (Wildman–Crippen MR) is 85.6 cm³/mol. The van der Waals surface area contributed by atoms with Gasteiger partial charge < -0.3 is 15.4 Å². The fourth-order valence-electron chi connectivity index (χ4n) is 2.67. The van der Waals surface area contributed by atoms with Gasteiger partial charge in [-0.15, -0.1) is 0 Å². The maximum atomic E-state index is 11.2. The number of nitro benzene ring substituents is 1. The maximum absolute atomic E-state index is 11.2. The number of hydrogen-bond donors (Lipinski definition) is 2. The Morgan fingerprint density at radius 2 is 2.05 bits per heavy atom. The summed E-state index contributed by atoms with van der Waals surface area (Å²) in [5.74, 6) is 0.791. The Kier molecular flexibility index (Phi) is 3.82. The molecule has 0 bridgehead atoms. The van der Waals surface area contributed by atoms with Gasteiger partial charge in [0.05, 0.1) is 12.0 Å². The van der Waals surface area contributed by atoms with Gasteiger partial charge in [0, 0.05) is 30.4 Å². The zero-order valence-corrected chi connectivity index (χ0v) is 12.3. The highest BCUT2D eigenvalue weighted by Gasteiger charge is 2.23. The van der Waals surface area contributed by atoms with E-state index in [9.17, 15) is 10.1 Å². The monoisotopic (exact) mass is 299 g/mol. The van der Waals surface area contributed by atoms with E-state index in [-0.39, 0.29) is 10.6 Å². The average Bonchev–Trinajstić information content (AvgIpc) is 3.01. The lowest BCUT2D eigenvalue weighted by atomic mass is 10.1. The van der Waals surface area contributed by atoms with Crippen molar-refractivity contribution in [2.45, 2.75) is 13.0 Å². The number of methoxy groups -OCH3 is 1. The van der Waals surface area contributed by atoms with Crippen molar-refractivity contribution in [2.24, 2.45) is 0 Å². The summed E-state index contributed by atoms with van der Waals surface area (Å²) in [6.07, 6.45) is 0.794. The first-order chi connectivity index (χ1) is 10.7. The number of nitro groups is 1. The molecule has 0 atom stereocenters. The molecule has 1 aliphatic rings. The molecule has 0 aromatic heterocycles. The number of benzene rings is 2. The summed E-state index contributed by atoms with van der Waals surface area (Å²) >= 11 is 0. The minimum atomic E-state index is -0.338. The number of rotatable bonds is 5. The number of anilines is 2. The van der Waals surface area contributed by atoms with Gasteiger partial charge in [-0.1, -0.05) is 12.1 Å². The van der Waals surface area contributed by atoms with Crippen LogP contribution in [0.3, 0.4) is 0 Å². The minimum absolute atomic E-state index is 0.121. The van der Waals surface area contributed by atoms with Crippen LogP contribution in [-0.4, -0.2) is 18.6 Å². The van der Waals surface area contributed by atoms with Crippen molar-refractivity contribution in [2.75, 3.05) is 24.3 Å². The summed E-state index contributed by atoms with van der Waals surface area (Å²) in [4.78, 5) is 10.9. The summed E-state index contributed by atoms with van der Waals surface area (Å²) in [5.41, 5.74) is 3.74. The summed E-state index contributed by atoms with van der Waals surface area (Å²) in [6.45, 7) is 1.34. The third kappa shape index (κ3) is 2.67. The highest BCUT2D eigenvalue weighted by molar-refractivity contribution is 5.77.